The summed E-state index contributed by atoms with van der Waals surface area (Å²) >= 11 is 6.08. The monoisotopic (exact) mass is 595 g/mol. The molecular weight excluding hydrogens is 558 g/mol. The number of nitrogens with one attached hydrogen (secondary N) is 1. The summed E-state index contributed by atoms with van der Waals surface area (Å²) in [5.74, 6) is -0.474. The van der Waals surface area contributed by atoms with Gasteiger partial charge in [-0.3, -0.25) is 13.9 Å². The zero-order valence-corrected chi connectivity index (χ0v) is 25.4. The van der Waals surface area contributed by atoms with Gasteiger partial charge in [-0.15, -0.1) is 0 Å². The van der Waals surface area contributed by atoms with Crippen LogP contribution in [0.5, 0.6) is 0 Å². The highest BCUT2D eigenvalue weighted by atomic mass is 35.5. The number of sulfonamides is 1. The molecule has 2 amide bonds. The first kappa shape index (κ1) is 30.6. The van der Waals surface area contributed by atoms with Gasteiger partial charge in [-0.25, -0.2) is 8.42 Å². The quantitative estimate of drug-likeness (QED) is 0.289. The number of carbonyl (C=O) groups excluding carboxylic acids is 2. The van der Waals surface area contributed by atoms with Gasteiger partial charge in [0, 0.05) is 17.6 Å². The van der Waals surface area contributed by atoms with Crippen LogP contribution in [-0.4, -0.2) is 43.8 Å². The number of amides is 2. The van der Waals surface area contributed by atoms with E-state index in [0.717, 1.165) is 41.1 Å². The second-order valence-corrected chi connectivity index (χ2v) is 13.2. The van der Waals surface area contributed by atoms with Crippen molar-refractivity contribution >= 4 is 39.1 Å². The standard InChI is InChI=1S/C32H38ClN3O4S/c1-23(2)26-15-19-29(20-16-26)36(41(39,40)30-11-5-4-6-12-30)22-31(37)35(21-25-13-17-27(33)18-14-25)24(3)32(38)34-28-9-7-8-10-28/h4-6,11-20,23-24,28H,7-10,21-22H2,1-3H3,(H,34,38)/t24-/m1/s1. The van der Waals surface area contributed by atoms with Crippen molar-refractivity contribution in [2.24, 2.45) is 0 Å². The Labute approximate surface area is 248 Å². The number of benzene rings is 3. The molecular formula is C32H38ClN3O4S. The lowest BCUT2D eigenvalue weighted by atomic mass is 10.0. The Balaban J connectivity index is 1.68. The van der Waals surface area contributed by atoms with E-state index in [-0.39, 0.29) is 29.3 Å². The highest BCUT2D eigenvalue weighted by molar-refractivity contribution is 7.92. The second kappa shape index (κ2) is 13.5. The maximum Gasteiger partial charge on any atom is 0.264 e. The van der Waals surface area contributed by atoms with E-state index >= 15 is 0 Å². The summed E-state index contributed by atoms with van der Waals surface area (Å²) in [6.45, 7) is 5.46. The third-order valence-corrected chi connectivity index (χ3v) is 9.63. The van der Waals surface area contributed by atoms with Gasteiger partial charge in [-0.1, -0.05) is 80.8 Å². The molecule has 0 spiro atoms. The van der Waals surface area contributed by atoms with Crippen molar-refractivity contribution in [1.29, 1.82) is 0 Å². The van der Waals surface area contributed by atoms with Gasteiger partial charge in [0.25, 0.3) is 10.0 Å². The third kappa shape index (κ3) is 7.68. The molecule has 0 aliphatic heterocycles. The minimum absolute atomic E-state index is 0.0806. The average molecular weight is 596 g/mol. The van der Waals surface area contributed by atoms with Crippen LogP contribution in [-0.2, 0) is 26.2 Å². The van der Waals surface area contributed by atoms with Gasteiger partial charge in [0.05, 0.1) is 10.6 Å². The molecule has 7 nitrogen and oxygen atoms in total. The van der Waals surface area contributed by atoms with E-state index in [9.17, 15) is 18.0 Å². The van der Waals surface area contributed by atoms with Crippen LogP contribution in [0.1, 0.15) is 63.5 Å². The predicted octanol–water partition coefficient (Wildman–Crippen LogP) is 6.13. The van der Waals surface area contributed by atoms with E-state index in [4.69, 9.17) is 11.6 Å². The summed E-state index contributed by atoms with van der Waals surface area (Å²) in [5.41, 5.74) is 2.21. The van der Waals surface area contributed by atoms with Crippen molar-refractivity contribution in [2.75, 3.05) is 10.8 Å². The van der Waals surface area contributed by atoms with E-state index in [0.29, 0.717) is 10.7 Å². The molecule has 0 heterocycles. The van der Waals surface area contributed by atoms with Crippen molar-refractivity contribution < 1.29 is 18.0 Å². The zero-order chi connectivity index (χ0) is 29.6. The molecule has 41 heavy (non-hydrogen) atoms. The fourth-order valence-corrected chi connectivity index (χ4v) is 6.60. The zero-order valence-electron chi connectivity index (χ0n) is 23.8. The van der Waals surface area contributed by atoms with Crippen LogP contribution >= 0.6 is 11.6 Å². The number of hydrogen-bond acceptors (Lipinski definition) is 4. The van der Waals surface area contributed by atoms with Crippen LogP contribution in [0.2, 0.25) is 5.02 Å². The number of hydrogen-bond donors (Lipinski definition) is 1. The fourth-order valence-electron chi connectivity index (χ4n) is 5.03. The molecule has 3 aromatic rings. The minimum atomic E-state index is -4.09. The summed E-state index contributed by atoms with van der Waals surface area (Å²) in [7, 11) is -4.09. The lowest BCUT2D eigenvalue weighted by Crippen LogP contribution is -2.52. The lowest BCUT2D eigenvalue weighted by molar-refractivity contribution is -0.139. The van der Waals surface area contributed by atoms with E-state index in [1.165, 1.54) is 17.0 Å². The Bertz CT molecular complexity index is 1420. The van der Waals surface area contributed by atoms with Crippen LogP contribution in [0, 0.1) is 0 Å². The van der Waals surface area contributed by atoms with Gasteiger partial charge in [0.15, 0.2) is 0 Å². The maximum atomic E-state index is 14.0. The Hall–Kier alpha value is -3.36. The summed E-state index contributed by atoms with van der Waals surface area (Å²) in [6.07, 6.45) is 3.96. The molecule has 1 N–H and O–H groups in total. The Morgan fingerprint density at radius 1 is 0.902 bits per heavy atom. The molecule has 1 fully saturated rings. The van der Waals surface area contributed by atoms with E-state index < -0.39 is 28.5 Å². The molecule has 4 rings (SSSR count). The van der Waals surface area contributed by atoms with Gasteiger partial charge in [-0.05, 0) is 73.2 Å². The van der Waals surface area contributed by atoms with E-state index in [1.54, 1.807) is 61.5 Å². The molecule has 0 aromatic heterocycles. The Morgan fingerprint density at radius 2 is 1.51 bits per heavy atom. The fraction of sp³-hybridized carbons (Fsp3) is 0.375. The van der Waals surface area contributed by atoms with Crippen LogP contribution in [0.4, 0.5) is 5.69 Å². The lowest BCUT2D eigenvalue weighted by Gasteiger charge is -2.32. The number of rotatable bonds is 11. The molecule has 0 bridgehead atoms. The van der Waals surface area contributed by atoms with E-state index in [1.807, 2.05) is 12.1 Å². The first-order valence-electron chi connectivity index (χ1n) is 14.1. The van der Waals surface area contributed by atoms with Crippen LogP contribution in [0.25, 0.3) is 0 Å². The molecule has 0 unspecified atom stereocenters. The topological polar surface area (TPSA) is 86.8 Å². The molecule has 1 aliphatic carbocycles. The number of anilines is 1. The molecule has 1 atom stereocenters. The second-order valence-electron chi connectivity index (χ2n) is 10.9. The number of nitrogens with zero attached hydrogens (tertiary/aromatic N) is 2. The summed E-state index contributed by atoms with van der Waals surface area (Å²) in [5, 5.41) is 3.64. The van der Waals surface area contributed by atoms with Gasteiger partial charge >= 0.3 is 0 Å². The SMILES string of the molecule is CC(C)c1ccc(N(CC(=O)N(Cc2ccc(Cl)cc2)[C@H](C)C(=O)NC2CCCC2)S(=O)(=O)c2ccccc2)cc1. The summed E-state index contributed by atoms with van der Waals surface area (Å²) in [6, 6.07) is 21.6. The number of halogens is 1. The summed E-state index contributed by atoms with van der Waals surface area (Å²) in [4.78, 5) is 28.9. The minimum Gasteiger partial charge on any atom is -0.352 e. The first-order valence-corrected chi connectivity index (χ1v) is 15.9. The van der Waals surface area contributed by atoms with Crippen LogP contribution in [0.15, 0.2) is 83.8 Å². The third-order valence-electron chi connectivity index (χ3n) is 7.59. The Morgan fingerprint density at radius 3 is 2.10 bits per heavy atom. The summed E-state index contributed by atoms with van der Waals surface area (Å²) < 4.78 is 28.9. The highest BCUT2D eigenvalue weighted by Crippen LogP contribution is 2.27. The Kier molecular flexibility index (Phi) is 10.1. The molecule has 1 saturated carbocycles. The average Bonchev–Trinajstić information content (AvgIpc) is 3.48. The normalized spacial score (nSPS) is 14.6. The molecule has 0 radical (unpaired) electrons. The largest absolute Gasteiger partial charge is 0.352 e. The maximum absolute atomic E-state index is 14.0. The smallest absolute Gasteiger partial charge is 0.264 e. The van der Waals surface area contributed by atoms with Gasteiger partial charge in [-0.2, -0.15) is 0 Å². The van der Waals surface area contributed by atoms with Crippen molar-refractivity contribution in [1.82, 2.24) is 10.2 Å². The van der Waals surface area contributed by atoms with Crippen LogP contribution in [0.3, 0.4) is 0 Å². The highest BCUT2D eigenvalue weighted by Gasteiger charge is 2.33. The van der Waals surface area contributed by atoms with Crippen molar-refractivity contribution in [3.8, 4) is 0 Å². The molecule has 1 aliphatic rings. The number of carbonyl (C=O) groups is 2. The van der Waals surface area contributed by atoms with Crippen molar-refractivity contribution in [2.45, 2.75) is 75.9 Å². The van der Waals surface area contributed by atoms with Crippen molar-refractivity contribution in [3.63, 3.8) is 0 Å². The van der Waals surface area contributed by atoms with Crippen LogP contribution < -0.4 is 9.62 Å². The molecule has 218 valence electrons. The van der Waals surface area contributed by atoms with Gasteiger partial charge in [0.2, 0.25) is 11.8 Å². The first-order chi connectivity index (χ1) is 19.6. The van der Waals surface area contributed by atoms with E-state index in [2.05, 4.69) is 19.2 Å². The van der Waals surface area contributed by atoms with Gasteiger partial charge < -0.3 is 10.2 Å². The van der Waals surface area contributed by atoms with Gasteiger partial charge in [0.1, 0.15) is 12.6 Å². The van der Waals surface area contributed by atoms with Crippen molar-refractivity contribution in [3.05, 3.63) is 95.0 Å². The molecule has 9 heteroatoms. The predicted molar refractivity (Wildman–Crippen MR) is 163 cm³/mol. The molecule has 3 aromatic carbocycles. The molecule has 0 saturated heterocycles.